The first-order chi connectivity index (χ1) is 9.37. The van der Waals surface area contributed by atoms with E-state index in [9.17, 15) is 13.6 Å². The average molecular weight is 302 g/mol. The van der Waals surface area contributed by atoms with Gasteiger partial charge in [-0.3, -0.25) is 0 Å². The summed E-state index contributed by atoms with van der Waals surface area (Å²) in [5.41, 5.74) is 0.170. The van der Waals surface area contributed by atoms with Crippen molar-refractivity contribution in [2.24, 2.45) is 7.05 Å². The highest BCUT2D eigenvalue weighted by Gasteiger charge is 2.45. The molecule has 6 heteroatoms. The van der Waals surface area contributed by atoms with Gasteiger partial charge in [0.05, 0.1) is 6.61 Å². The summed E-state index contributed by atoms with van der Waals surface area (Å²) in [4.78, 5) is 11.5. The number of carbonyl (C=O) groups is 1. The van der Waals surface area contributed by atoms with Crippen molar-refractivity contribution in [3.05, 3.63) is 35.0 Å². The molecule has 0 unspecified atom stereocenters. The second-order valence-corrected chi connectivity index (χ2v) is 4.94. The molecular weight excluding hydrogens is 288 g/mol. The number of hydrogen-bond acceptors (Lipinski definition) is 2. The van der Waals surface area contributed by atoms with Crippen molar-refractivity contribution >= 4 is 28.5 Å². The molecule has 0 spiro atoms. The summed E-state index contributed by atoms with van der Waals surface area (Å²) < 4.78 is 34.1. The van der Waals surface area contributed by atoms with Gasteiger partial charge in [-0.1, -0.05) is 18.5 Å². The molecule has 0 amide bonds. The Morgan fingerprint density at radius 2 is 2.10 bits per heavy atom. The fourth-order valence-electron chi connectivity index (χ4n) is 2.01. The van der Waals surface area contributed by atoms with Crippen molar-refractivity contribution < 1.29 is 18.3 Å². The minimum Gasteiger partial charge on any atom is -0.461 e. The van der Waals surface area contributed by atoms with E-state index in [2.05, 4.69) is 4.74 Å². The first-order valence-corrected chi connectivity index (χ1v) is 6.56. The van der Waals surface area contributed by atoms with Crippen molar-refractivity contribution in [3.63, 3.8) is 0 Å². The maximum absolute atomic E-state index is 14.1. The Hall–Kier alpha value is -1.62. The number of fused-ring (bicyclic) bond motifs is 1. The minimum absolute atomic E-state index is 0.0236. The molecule has 0 fully saturated rings. The molecule has 0 N–H and O–H groups in total. The molecule has 1 aromatic carbocycles. The second-order valence-electron chi connectivity index (χ2n) is 4.50. The maximum Gasteiger partial charge on any atom is 0.383 e. The van der Waals surface area contributed by atoms with Gasteiger partial charge in [-0.2, -0.15) is 8.78 Å². The van der Waals surface area contributed by atoms with Crippen LogP contribution in [0.1, 0.15) is 19.0 Å². The van der Waals surface area contributed by atoms with Crippen LogP contribution in [0.25, 0.3) is 10.9 Å². The third kappa shape index (κ3) is 2.50. The number of rotatable bonds is 4. The predicted molar refractivity (Wildman–Crippen MR) is 73.1 cm³/mol. The van der Waals surface area contributed by atoms with Crippen LogP contribution < -0.4 is 0 Å². The summed E-state index contributed by atoms with van der Waals surface area (Å²) in [5, 5.41) is 1.00. The molecule has 0 radical (unpaired) electrons. The Morgan fingerprint density at radius 1 is 1.40 bits per heavy atom. The Morgan fingerprint density at radius 3 is 2.75 bits per heavy atom. The van der Waals surface area contributed by atoms with Gasteiger partial charge in [0.25, 0.3) is 0 Å². The number of ether oxygens (including phenoxy) is 1. The molecule has 1 heterocycles. The summed E-state index contributed by atoms with van der Waals surface area (Å²) in [6.45, 7) is 1.72. The Bertz CT molecular complexity index is 652. The smallest absolute Gasteiger partial charge is 0.383 e. The standard InChI is InChI=1S/C14H14ClF2NO2/c1-3-6-20-13(19)14(16,17)12-8-9-7-10(15)4-5-11(9)18(12)2/h4-5,7-8H,3,6H2,1-2H3. The number of alkyl halides is 2. The lowest BCUT2D eigenvalue weighted by molar-refractivity contribution is -0.174. The molecule has 1 aromatic heterocycles. The van der Waals surface area contributed by atoms with Gasteiger partial charge in [-0.15, -0.1) is 0 Å². The van der Waals surface area contributed by atoms with E-state index in [1.165, 1.54) is 17.7 Å². The van der Waals surface area contributed by atoms with Gasteiger partial charge >= 0.3 is 11.9 Å². The van der Waals surface area contributed by atoms with Crippen LogP contribution in [-0.4, -0.2) is 17.1 Å². The van der Waals surface area contributed by atoms with Gasteiger partial charge in [0.2, 0.25) is 0 Å². The zero-order chi connectivity index (χ0) is 14.9. The van der Waals surface area contributed by atoms with Crippen molar-refractivity contribution in [1.29, 1.82) is 0 Å². The van der Waals surface area contributed by atoms with E-state index in [4.69, 9.17) is 11.6 Å². The van der Waals surface area contributed by atoms with Crippen LogP contribution in [0.5, 0.6) is 0 Å². The van der Waals surface area contributed by atoms with E-state index >= 15 is 0 Å². The molecule has 108 valence electrons. The summed E-state index contributed by atoms with van der Waals surface area (Å²) in [6.07, 6.45) is 0.493. The Labute approximate surface area is 120 Å². The lowest BCUT2D eigenvalue weighted by Crippen LogP contribution is -2.30. The van der Waals surface area contributed by atoms with E-state index < -0.39 is 17.6 Å². The number of benzene rings is 1. The van der Waals surface area contributed by atoms with Crippen LogP contribution in [0.4, 0.5) is 8.78 Å². The molecule has 0 atom stereocenters. The fraction of sp³-hybridized carbons (Fsp3) is 0.357. The lowest BCUT2D eigenvalue weighted by atomic mass is 10.2. The normalized spacial score (nSPS) is 11.8. The van der Waals surface area contributed by atoms with Gasteiger partial charge in [0.15, 0.2) is 0 Å². The summed E-state index contributed by atoms with van der Waals surface area (Å²) in [6, 6.07) is 6.08. The van der Waals surface area contributed by atoms with Crippen LogP contribution >= 0.6 is 11.6 Å². The zero-order valence-electron chi connectivity index (χ0n) is 11.1. The first-order valence-electron chi connectivity index (χ1n) is 6.18. The van der Waals surface area contributed by atoms with Crippen LogP contribution in [-0.2, 0) is 22.5 Å². The fourth-order valence-corrected chi connectivity index (χ4v) is 2.19. The van der Waals surface area contributed by atoms with Crippen molar-refractivity contribution in [1.82, 2.24) is 4.57 Å². The third-order valence-corrected chi connectivity index (χ3v) is 3.25. The van der Waals surface area contributed by atoms with E-state index in [-0.39, 0.29) is 6.61 Å². The zero-order valence-corrected chi connectivity index (χ0v) is 11.9. The summed E-state index contributed by atoms with van der Waals surface area (Å²) in [7, 11) is 1.48. The molecule has 0 aliphatic carbocycles. The molecule has 20 heavy (non-hydrogen) atoms. The van der Waals surface area contributed by atoms with Gasteiger partial charge in [0.1, 0.15) is 5.69 Å². The number of aryl methyl sites for hydroxylation is 1. The Balaban J connectivity index is 2.46. The molecule has 2 aromatic rings. The van der Waals surface area contributed by atoms with Gasteiger partial charge in [-0.25, -0.2) is 4.79 Å². The van der Waals surface area contributed by atoms with Gasteiger partial charge in [0, 0.05) is 23.0 Å². The van der Waals surface area contributed by atoms with Crippen molar-refractivity contribution in [3.8, 4) is 0 Å². The van der Waals surface area contributed by atoms with E-state index in [1.54, 1.807) is 25.1 Å². The molecule has 0 saturated carbocycles. The minimum atomic E-state index is -3.69. The van der Waals surface area contributed by atoms with Crippen LogP contribution in [0.15, 0.2) is 24.3 Å². The average Bonchev–Trinajstić information content (AvgIpc) is 2.73. The monoisotopic (exact) mass is 301 g/mol. The highest BCUT2D eigenvalue weighted by molar-refractivity contribution is 6.31. The highest BCUT2D eigenvalue weighted by atomic mass is 35.5. The predicted octanol–water partition coefficient (Wildman–Crippen LogP) is 3.88. The first kappa shape index (κ1) is 14.8. The van der Waals surface area contributed by atoms with Gasteiger partial charge < -0.3 is 9.30 Å². The van der Waals surface area contributed by atoms with Crippen molar-refractivity contribution in [2.45, 2.75) is 19.3 Å². The molecular formula is C14H14ClF2NO2. The van der Waals surface area contributed by atoms with Gasteiger partial charge in [-0.05, 0) is 30.7 Å². The van der Waals surface area contributed by atoms with Crippen LogP contribution in [0, 0.1) is 0 Å². The molecule has 0 aliphatic heterocycles. The van der Waals surface area contributed by atoms with Crippen LogP contribution in [0.3, 0.4) is 0 Å². The SMILES string of the molecule is CCCOC(=O)C(F)(F)c1cc2cc(Cl)ccc2n1C. The molecule has 0 saturated heterocycles. The summed E-state index contributed by atoms with van der Waals surface area (Å²) >= 11 is 5.84. The molecule has 0 aliphatic rings. The van der Waals surface area contributed by atoms with Crippen LogP contribution in [0.2, 0.25) is 5.02 Å². The molecule has 0 bridgehead atoms. The lowest BCUT2D eigenvalue weighted by Gasteiger charge is -2.16. The summed E-state index contributed by atoms with van der Waals surface area (Å²) in [5.74, 6) is -5.22. The Kier molecular flexibility index (Phi) is 3.99. The highest BCUT2D eigenvalue weighted by Crippen LogP contribution is 2.34. The number of nitrogens with zero attached hydrogens (tertiary/aromatic N) is 1. The number of esters is 1. The number of hydrogen-bond donors (Lipinski definition) is 0. The number of aromatic nitrogens is 1. The third-order valence-electron chi connectivity index (χ3n) is 3.02. The topological polar surface area (TPSA) is 31.2 Å². The maximum atomic E-state index is 14.1. The second kappa shape index (κ2) is 5.40. The number of halogens is 3. The van der Waals surface area contributed by atoms with Crippen molar-refractivity contribution in [2.75, 3.05) is 6.61 Å². The largest absolute Gasteiger partial charge is 0.461 e. The van der Waals surface area contributed by atoms with E-state index in [1.807, 2.05) is 0 Å². The van der Waals surface area contributed by atoms with E-state index in [0.717, 1.165) is 0 Å². The van der Waals surface area contributed by atoms with E-state index in [0.29, 0.717) is 22.3 Å². The quantitative estimate of drug-likeness (QED) is 0.803. The molecule has 2 rings (SSSR count). The molecule has 3 nitrogen and oxygen atoms in total. The number of carbonyl (C=O) groups excluding carboxylic acids is 1.